The van der Waals surface area contributed by atoms with Crippen LogP contribution < -0.4 is 4.74 Å². The number of nitrogens with zero attached hydrogens (tertiary/aromatic N) is 1. The molecule has 0 radical (unpaired) electrons. The first-order valence-electron chi connectivity index (χ1n) is 5.27. The van der Waals surface area contributed by atoms with Crippen molar-refractivity contribution >= 4 is 17.3 Å². The van der Waals surface area contributed by atoms with Gasteiger partial charge in [-0.2, -0.15) is 0 Å². The fourth-order valence-corrected chi connectivity index (χ4v) is 1.70. The standard InChI is InChI=1S/C13H10ClNO3/c14-11-6-12(15(16)17)8-13(7-11)18-9-10-4-2-1-3-5-10/h1-8H,9H2. The summed E-state index contributed by atoms with van der Waals surface area (Å²) in [6.45, 7) is 0.346. The van der Waals surface area contributed by atoms with Crippen LogP contribution >= 0.6 is 11.6 Å². The molecule has 2 rings (SSSR count). The molecule has 0 aromatic heterocycles. The minimum atomic E-state index is -0.499. The summed E-state index contributed by atoms with van der Waals surface area (Å²) < 4.78 is 5.47. The molecule has 18 heavy (non-hydrogen) atoms. The molecule has 0 N–H and O–H groups in total. The van der Waals surface area contributed by atoms with Gasteiger partial charge in [0.15, 0.2) is 0 Å². The summed E-state index contributed by atoms with van der Waals surface area (Å²) in [5, 5.41) is 11.0. The van der Waals surface area contributed by atoms with Crippen LogP contribution in [0, 0.1) is 10.1 Å². The normalized spacial score (nSPS) is 10.1. The highest BCUT2D eigenvalue weighted by Gasteiger charge is 2.09. The van der Waals surface area contributed by atoms with Crippen LogP contribution in [0.15, 0.2) is 48.5 Å². The third-order valence-corrected chi connectivity index (χ3v) is 2.53. The molecule has 0 fully saturated rings. The molecule has 0 aliphatic carbocycles. The Bertz CT molecular complexity index is 557. The van der Waals surface area contributed by atoms with Gasteiger partial charge in [-0.25, -0.2) is 0 Å². The minimum absolute atomic E-state index is 0.0782. The topological polar surface area (TPSA) is 52.4 Å². The highest BCUT2D eigenvalue weighted by molar-refractivity contribution is 6.30. The van der Waals surface area contributed by atoms with Crippen molar-refractivity contribution < 1.29 is 9.66 Å². The molecule has 0 spiro atoms. The molecule has 0 aliphatic heterocycles. The number of hydrogen-bond acceptors (Lipinski definition) is 3. The number of benzene rings is 2. The van der Waals surface area contributed by atoms with E-state index in [2.05, 4.69) is 0 Å². The second-order valence-corrected chi connectivity index (χ2v) is 4.11. The fourth-order valence-electron chi connectivity index (χ4n) is 1.48. The zero-order valence-electron chi connectivity index (χ0n) is 9.38. The van der Waals surface area contributed by atoms with Crippen molar-refractivity contribution in [3.8, 4) is 5.75 Å². The van der Waals surface area contributed by atoms with Gasteiger partial charge in [0, 0.05) is 6.07 Å². The second-order valence-electron chi connectivity index (χ2n) is 3.68. The Morgan fingerprint density at radius 1 is 1.17 bits per heavy atom. The molecular weight excluding hydrogens is 254 g/mol. The van der Waals surface area contributed by atoms with Gasteiger partial charge in [-0.3, -0.25) is 10.1 Å². The number of hydrogen-bond donors (Lipinski definition) is 0. The molecule has 0 saturated heterocycles. The Morgan fingerprint density at radius 3 is 2.56 bits per heavy atom. The number of nitro benzene ring substituents is 1. The molecule has 0 aliphatic rings. The van der Waals surface area contributed by atoms with E-state index in [1.165, 1.54) is 12.1 Å². The summed E-state index contributed by atoms with van der Waals surface area (Å²) >= 11 is 5.79. The summed E-state index contributed by atoms with van der Waals surface area (Å²) in [7, 11) is 0. The van der Waals surface area contributed by atoms with Gasteiger partial charge >= 0.3 is 0 Å². The molecule has 0 amide bonds. The molecule has 0 saturated carbocycles. The van der Waals surface area contributed by atoms with Crippen molar-refractivity contribution in [1.29, 1.82) is 0 Å². The van der Waals surface area contributed by atoms with E-state index >= 15 is 0 Å². The van der Waals surface area contributed by atoms with Crippen LogP contribution in [0.25, 0.3) is 0 Å². The van der Waals surface area contributed by atoms with E-state index in [0.717, 1.165) is 5.56 Å². The predicted octanol–water partition coefficient (Wildman–Crippen LogP) is 3.83. The maximum absolute atomic E-state index is 10.7. The molecule has 0 unspecified atom stereocenters. The van der Waals surface area contributed by atoms with Crippen LogP contribution in [0.5, 0.6) is 5.75 Å². The lowest BCUT2D eigenvalue weighted by Gasteiger charge is -2.06. The molecular formula is C13H10ClNO3. The van der Waals surface area contributed by atoms with Crippen molar-refractivity contribution in [3.63, 3.8) is 0 Å². The van der Waals surface area contributed by atoms with Crippen LogP contribution in [0.1, 0.15) is 5.56 Å². The van der Waals surface area contributed by atoms with Crippen LogP contribution in [0.3, 0.4) is 0 Å². The van der Waals surface area contributed by atoms with Crippen molar-refractivity contribution in [2.75, 3.05) is 0 Å². The third-order valence-electron chi connectivity index (χ3n) is 2.32. The van der Waals surface area contributed by atoms with E-state index in [-0.39, 0.29) is 10.7 Å². The first-order valence-corrected chi connectivity index (χ1v) is 5.64. The maximum Gasteiger partial charge on any atom is 0.274 e. The Kier molecular flexibility index (Phi) is 3.79. The lowest BCUT2D eigenvalue weighted by Crippen LogP contribution is -1.96. The summed E-state index contributed by atoms with van der Waals surface area (Å²) in [5.41, 5.74) is 0.908. The van der Waals surface area contributed by atoms with Gasteiger partial charge in [-0.1, -0.05) is 41.9 Å². The maximum atomic E-state index is 10.7. The van der Waals surface area contributed by atoms with Gasteiger partial charge < -0.3 is 4.74 Å². The summed E-state index contributed by atoms with van der Waals surface area (Å²) in [4.78, 5) is 10.2. The Balaban J connectivity index is 2.12. The van der Waals surface area contributed by atoms with E-state index in [9.17, 15) is 10.1 Å². The molecule has 4 nitrogen and oxygen atoms in total. The van der Waals surface area contributed by atoms with E-state index < -0.39 is 4.92 Å². The average Bonchev–Trinajstić information content (AvgIpc) is 2.37. The third kappa shape index (κ3) is 3.21. The van der Waals surface area contributed by atoms with Gasteiger partial charge in [0.2, 0.25) is 0 Å². The van der Waals surface area contributed by atoms with E-state index in [0.29, 0.717) is 12.4 Å². The first-order chi connectivity index (χ1) is 8.65. The van der Waals surface area contributed by atoms with Gasteiger partial charge in [0.05, 0.1) is 16.0 Å². The van der Waals surface area contributed by atoms with Gasteiger partial charge in [0.1, 0.15) is 12.4 Å². The highest BCUT2D eigenvalue weighted by Crippen LogP contribution is 2.26. The van der Waals surface area contributed by atoms with Crippen LogP contribution in [0.4, 0.5) is 5.69 Å². The van der Waals surface area contributed by atoms with Crippen LogP contribution in [-0.4, -0.2) is 4.92 Å². The minimum Gasteiger partial charge on any atom is -0.489 e. The van der Waals surface area contributed by atoms with Gasteiger partial charge in [-0.05, 0) is 11.6 Å². The monoisotopic (exact) mass is 263 g/mol. The number of nitro groups is 1. The van der Waals surface area contributed by atoms with Crippen molar-refractivity contribution in [2.45, 2.75) is 6.61 Å². The lowest BCUT2D eigenvalue weighted by atomic mass is 10.2. The quantitative estimate of drug-likeness (QED) is 0.622. The van der Waals surface area contributed by atoms with E-state index in [4.69, 9.17) is 16.3 Å². The van der Waals surface area contributed by atoms with Crippen molar-refractivity contribution in [2.24, 2.45) is 0 Å². The van der Waals surface area contributed by atoms with Crippen molar-refractivity contribution in [1.82, 2.24) is 0 Å². The zero-order valence-corrected chi connectivity index (χ0v) is 10.1. The highest BCUT2D eigenvalue weighted by atomic mass is 35.5. The van der Waals surface area contributed by atoms with Crippen LogP contribution in [-0.2, 0) is 6.61 Å². The largest absolute Gasteiger partial charge is 0.489 e. The Morgan fingerprint density at radius 2 is 1.89 bits per heavy atom. The van der Waals surface area contributed by atoms with E-state index in [1.54, 1.807) is 6.07 Å². The summed E-state index contributed by atoms with van der Waals surface area (Å²) in [6.07, 6.45) is 0. The molecule has 5 heteroatoms. The first kappa shape index (κ1) is 12.4. The summed E-state index contributed by atoms with van der Waals surface area (Å²) in [5.74, 6) is 0.387. The zero-order chi connectivity index (χ0) is 13.0. The molecule has 2 aromatic carbocycles. The molecule has 0 atom stereocenters. The molecule has 92 valence electrons. The summed E-state index contributed by atoms with van der Waals surface area (Å²) in [6, 6.07) is 13.7. The Hall–Kier alpha value is -2.07. The average molecular weight is 264 g/mol. The number of rotatable bonds is 4. The predicted molar refractivity (Wildman–Crippen MR) is 68.9 cm³/mol. The van der Waals surface area contributed by atoms with Gasteiger partial charge in [-0.15, -0.1) is 0 Å². The number of ether oxygens (including phenoxy) is 1. The molecule has 0 bridgehead atoms. The van der Waals surface area contributed by atoms with Crippen LogP contribution in [0.2, 0.25) is 5.02 Å². The SMILES string of the molecule is O=[N+]([O-])c1cc(Cl)cc(OCc2ccccc2)c1. The fraction of sp³-hybridized carbons (Fsp3) is 0.0769. The molecule has 0 heterocycles. The van der Waals surface area contributed by atoms with Gasteiger partial charge in [0.25, 0.3) is 5.69 Å². The number of halogens is 1. The smallest absolute Gasteiger partial charge is 0.274 e. The number of non-ortho nitro benzene ring substituents is 1. The van der Waals surface area contributed by atoms with E-state index in [1.807, 2.05) is 30.3 Å². The lowest BCUT2D eigenvalue weighted by molar-refractivity contribution is -0.384. The Labute approximate surface area is 109 Å². The van der Waals surface area contributed by atoms with Crippen molar-refractivity contribution in [3.05, 3.63) is 69.2 Å². The molecule has 2 aromatic rings. The second kappa shape index (κ2) is 5.51.